The van der Waals surface area contributed by atoms with Crippen LogP contribution in [0.25, 0.3) is 0 Å². The summed E-state index contributed by atoms with van der Waals surface area (Å²) in [7, 11) is 0. The van der Waals surface area contributed by atoms with Crippen LogP contribution in [0.4, 0.5) is 0 Å². The van der Waals surface area contributed by atoms with Crippen LogP contribution in [0.5, 0.6) is 0 Å². The van der Waals surface area contributed by atoms with Crippen LogP contribution in [0.15, 0.2) is 30.3 Å². The normalized spacial score (nSPS) is 14.3. The van der Waals surface area contributed by atoms with E-state index in [1.807, 2.05) is 36.6 Å². The summed E-state index contributed by atoms with van der Waals surface area (Å²) in [4.78, 5) is 61.0. The van der Waals surface area contributed by atoms with Gasteiger partial charge in [-0.1, -0.05) is 44.2 Å². The summed E-state index contributed by atoms with van der Waals surface area (Å²) in [5.74, 6) is -4.04. The third kappa shape index (κ3) is 10.8. The Morgan fingerprint density at radius 1 is 0.943 bits per heavy atom. The van der Waals surface area contributed by atoms with Gasteiger partial charge in [0.2, 0.25) is 23.6 Å². The van der Waals surface area contributed by atoms with Gasteiger partial charge < -0.3 is 32.5 Å². The minimum absolute atomic E-state index is 0.202. The van der Waals surface area contributed by atoms with E-state index in [-0.39, 0.29) is 18.8 Å². The number of amides is 4. The third-order valence-electron chi connectivity index (χ3n) is 5.15. The highest BCUT2D eigenvalue weighted by molar-refractivity contribution is 7.98. The number of thioether (sulfide) groups is 1. The molecule has 0 heterocycles. The van der Waals surface area contributed by atoms with Crippen molar-refractivity contribution in [1.29, 1.82) is 0 Å². The molecule has 4 atom stereocenters. The summed E-state index contributed by atoms with van der Waals surface area (Å²) in [6.45, 7) is 3.47. The number of carbonyl (C=O) groups excluding carboxylic acids is 4. The molecule has 4 amide bonds. The Kier molecular flexibility index (Phi) is 12.8. The zero-order valence-electron chi connectivity index (χ0n) is 20.2. The van der Waals surface area contributed by atoms with Crippen molar-refractivity contribution in [3.63, 3.8) is 0 Å². The molecule has 0 spiro atoms. The highest BCUT2D eigenvalue weighted by Crippen LogP contribution is 2.08. The highest BCUT2D eigenvalue weighted by atomic mass is 32.2. The van der Waals surface area contributed by atoms with E-state index in [2.05, 4.69) is 16.0 Å². The molecular weight excluding hydrogens is 474 g/mol. The van der Waals surface area contributed by atoms with E-state index >= 15 is 0 Å². The first-order valence-electron chi connectivity index (χ1n) is 11.2. The summed E-state index contributed by atoms with van der Waals surface area (Å²) >= 11 is 1.43. The molecule has 0 aromatic heterocycles. The number of aliphatic carboxylic acids is 1. The SMILES string of the molecule is CSCCC(NC(=O)C(NC(=O)C(N)Cc1ccccc1)C(C)C)C(=O)NC(CC(N)=O)C(=O)O. The van der Waals surface area contributed by atoms with Gasteiger partial charge in [0, 0.05) is 0 Å². The van der Waals surface area contributed by atoms with E-state index in [0.717, 1.165) is 5.56 Å². The Labute approximate surface area is 209 Å². The molecule has 0 radical (unpaired) electrons. The summed E-state index contributed by atoms with van der Waals surface area (Å²) < 4.78 is 0. The maximum atomic E-state index is 13.0. The fraction of sp³-hybridized carbons (Fsp3) is 0.522. The average Bonchev–Trinajstić information content (AvgIpc) is 2.79. The van der Waals surface area contributed by atoms with Crippen LogP contribution in [0, 0.1) is 5.92 Å². The van der Waals surface area contributed by atoms with Crippen LogP contribution in [-0.2, 0) is 30.4 Å². The van der Waals surface area contributed by atoms with Gasteiger partial charge >= 0.3 is 5.97 Å². The van der Waals surface area contributed by atoms with E-state index in [0.29, 0.717) is 5.75 Å². The molecule has 0 aliphatic rings. The predicted molar refractivity (Wildman–Crippen MR) is 133 cm³/mol. The number of rotatable bonds is 15. The number of carboxylic acids is 1. The first-order valence-corrected chi connectivity index (χ1v) is 12.6. The quantitative estimate of drug-likeness (QED) is 0.180. The van der Waals surface area contributed by atoms with E-state index in [1.54, 1.807) is 13.8 Å². The molecule has 4 unspecified atom stereocenters. The van der Waals surface area contributed by atoms with Crippen LogP contribution < -0.4 is 27.4 Å². The zero-order valence-corrected chi connectivity index (χ0v) is 21.0. The van der Waals surface area contributed by atoms with Crippen LogP contribution in [0.1, 0.15) is 32.3 Å². The minimum Gasteiger partial charge on any atom is -0.480 e. The molecule has 0 bridgehead atoms. The van der Waals surface area contributed by atoms with Gasteiger partial charge in [0.1, 0.15) is 18.1 Å². The Bertz CT molecular complexity index is 882. The van der Waals surface area contributed by atoms with Crippen molar-refractivity contribution in [3.05, 3.63) is 35.9 Å². The first-order chi connectivity index (χ1) is 16.5. The second-order valence-corrected chi connectivity index (χ2v) is 9.42. The number of carboxylic acid groups (broad SMARTS) is 1. The van der Waals surface area contributed by atoms with Gasteiger partial charge in [-0.05, 0) is 36.3 Å². The van der Waals surface area contributed by atoms with Crippen molar-refractivity contribution in [2.75, 3.05) is 12.0 Å². The maximum Gasteiger partial charge on any atom is 0.326 e. The summed E-state index contributed by atoms with van der Waals surface area (Å²) in [6.07, 6.45) is 1.71. The van der Waals surface area contributed by atoms with Crippen LogP contribution in [-0.4, -0.2) is 70.9 Å². The lowest BCUT2D eigenvalue weighted by atomic mass is 10.0. The third-order valence-corrected chi connectivity index (χ3v) is 5.79. The topological polar surface area (TPSA) is 194 Å². The maximum absolute atomic E-state index is 13.0. The lowest BCUT2D eigenvalue weighted by Crippen LogP contribution is -2.58. The van der Waals surface area contributed by atoms with Crippen LogP contribution in [0.2, 0.25) is 0 Å². The fourth-order valence-corrected chi connectivity index (χ4v) is 3.67. The van der Waals surface area contributed by atoms with Gasteiger partial charge in [-0.3, -0.25) is 19.2 Å². The average molecular weight is 510 g/mol. The van der Waals surface area contributed by atoms with Crippen molar-refractivity contribution >= 4 is 41.4 Å². The molecule has 0 aliphatic carbocycles. The van der Waals surface area contributed by atoms with Gasteiger partial charge in [-0.25, -0.2) is 4.79 Å². The Morgan fingerprint density at radius 3 is 2.06 bits per heavy atom. The zero-order chi connectivity index (χ0) is 26.5. The first kappa shape index (κ1) is 29.9. The van der Waals surface area contributed by atoms with Crippen molar-refractivity contribution in [3.8, 4) is 0 Å². The van der Waals surface area contributed by atoms with Crippen molar-refractivity contribution < 1.29 is 29.1 Å². The smallest absolute Gasteiger partial charge is 0.326 e. The number of carbonyl (C=O) groups is 5. The number of benzene rings is 1. The standard InChI is InChI=1S/C23H35N5O6S/c1-13(2)19(28-20(30)15(24)11-14-7-5-4-6-8-14)22(32)26-16(9-10-35-3)21(31)27-17(23(33)34)12-18(25)29/h4-8,13,15-17,19H,9-12,24H2,1-3H3,(H2,25,29)(H,26,32)(H,27,31)(H,28,30)(H,33,34). The number of nitrogens with two attached hydrogens (primary N) is 2. The molecule has 0 saturated carbocycles. The second-order valence-electron chi connectivity index (χ2n) is 8.44. The van der Waals surface area contributed by atoms with Gasteiger partial charge in [-0.2, -0.15) is 11.8 Å². The molecular formula is C23H35N5O6S. The molecule has 0 fully saturated rings. The molecule has 194 valence electrons. The fourth-order valence-electron chi connectivity index (χ4n) is 3.20. The number of primary amides is 1. The molecule has 8 N–H and O–H groups in total. The number of nitrogens with one attached hydrogen (secondary N) is 3. The van der Waals surface area contributed by atoms with Gasteiger partial charge in [-0.15, -0.1) is 0 Å². The summed E-state index contributed by atoms with van der Waals surface area (Å²) in [5, 5.41) is 16.8. The largest absolute Gasteiger partial charge is 0.480 e. The molecule has 35 heavy (non-hydrogen) atoms. The van der Waals surface area contributed by atoms with E-state index < -0.39 is 60.2 Å². The number of hydrogen-bond acceptors (Lipinski definition) is 7. The predicted octanol–water partition coefficient (Wildman–Crippen LogP) is -0.620. The molecule has 1 aromatic rings. The Morgan fingerprint density at radius 2 is 1.54 bits per heavy atom. The minimum atomic E-state index is -1.52. The second kappa shape index (κ2) is 15.0. The molecule has 1 rings (SSSR count). The van der Waals surface area contributed by atoms with Crippen LogP contribution >= 0.6 is 11.8 Å². The number of hydrogen-bond donors (Lipinski definition) is 6. The van der Waals surface area contributed by atoms with Gasteiger partial charge in [0.15, 0.2) is 0 Å². The van der Waals surface area contributed by atoms with Gasteiger partial charge in [0.05, 0.1) is 12.5 Å². The highest BCUT2D eigenvalue weighted by Gasteiger charge is 2.32. The van der Waals surface area contributed by atoms with Crippen molar-refractivity contribution in [1.82, 2.24) is 16.0 Å². The van der Waals surface area contributed by atoms with Crippen molar-refractivity contribution in [2.45, 2.75) is 57.3 Å². The Hall–Kier alpha value is -3.12. The van der Waals surface area contributed by atoms with Crippen molar-refractivity contribution in [2.24, 2.45) is 17.4 Å². The molecule has 11 nitrogen and oxygen atoms in total. The van der Waals surface area contributed by atoms with E-state index in [9.17, 15) is 29.1 Å². The molecule has 12 heteroatoms. The Balaban J connectivity index is 2.90. The molecule has 0 aliphatic heterocycles. The van der Waals surface area contributed by atoms with Gasteiger partial charge in [0.25, 0.3) is 0 Å². The molecule has 0 saturated heterocycles. The lowest BCUT2D eigenvalue weighted by Gasteiger charge is -2.27. The van der Waals surface area contributed by atoms with E-state index in [4.69, 9.17) is 11.5 Å². The lowest BCUT2D eigenvalue weighted by molar-refractivity contribution is -0.143. The summed E-state index contributed by atoms with van der Waals surface area (Å²) in [6, 6.07) is 4.75. The summed E-state index contributed by atoms with van der Waals surface area (Å²) in [5.41, 5.74) is 12.0. The van der Waals surface area contributed by atoms with E-state index in [1.165, 1.54) is 11.8 Å². The monoisotopic (exact) mass is 509 g/mol. The molecule has 1 aromatic carbocycles. The van der Waals surface area contributed by atoms with Crippen LogP contribution in [0.3, 0.4) is 0 Å².